The molecule has 23 heavy (non-hydrogen) atoms. The summed E-state index contributed by atoms with van der Waals surface area (Å²) in [6.07, 6.45) is 5.28. The summed E-state index contributed by atoms with van der Waals surface area (Å²) in [6, 6.07) is 8.30. The summed E-state index contributed by atoms with van der Waals surface area (Å²) in [7, 11) is 0. The van der Waals surface area contributed by atoms with Crippen LogP contribution in [0.3, 0.4) is 0 Å². The van der Waals surface area contributed by atoms with Crippen LogP contribution in [0, 0.1) is 5.82 Å². The monoisotopic (exact) mass is 316 g/mol. The molecule has 0 unspecified atom stereocenters. The summed E-state index contributed by atoms with van der Waals surface area (Å²) in [5.74, 6) is -0.280. The van der Waals surface area contributed by atoms with Crippen LogP contribution in [0.5, 0.6) is 0 Å². The van der Waals surface area contributed by atoms with Gasteiger partial charge in [0.15, 0.2) is 0 Å². The van der Waals surface area contributed by atoms with E-state index in [0.29, 0.717) is 0 Å². The molecule has 0 spiro atoms. The van der Waals surface area contributed by atoms with Crippen molar-refractivity contribution in [2.45, 2.75) is 32.4 Å². The number of carbonyl (C=O) groups excluding carboxylic acids is 1. The first-order valence-electron chi connectivity index (χ1n) is 7.92. The predicted octanol–water partition coefficient (Wildman–Crippen LogP) is 3.44. The lowest BCUT2D eigenvalue weighted by atomic mass is 10.0. The van der Waals surface area contributed by atoms with Gasteiger partial charge in [0.1, 0.15) is 5.82 Å². The first kappa shape index (κ1) is 15.7. The Morgan fingerprint density at radius 3 is 2.52 bits per heavy atom. The number of amides is 1. The Balaban J connectivity index is 1.64. The number of carbonyl (C=O) groups is 1. The molecule has 0 saturated carbocycles. The lowest BCUT2D eigenvalue weighted by Crippen LogP contribution is -2.46. The van der Waals surface area contributed by atoms with Crippen LogP contribution in [0.1, 0.15) is 25.3 Å². The van der Waals surface area contributed by atoms with E-state index in [-0.39, 0.29) is 17.8 Å². The van der Waals surface area contributed by atoms with Gasteiger partial charge in [0.05, 0.1) is 12.5 Å². The van der Waals surface area contributed by atoms with E-state index >= 15 is 0 Å². The third-order valence-corrected chi connectivity index (χ3v) is 4.35. The molecule has 0 bridgehead atoms. The Kier molecular flexibility index (Phi) is 4.76. The molecule has 122 valence electrons. The number of benzene rings is 1. The number of nitrogens with zero attached hydrogens (tertiary/aromatic N) is 2. The topological polar surface area (TPSA) is 36.7 Å². The second kappa shape index (κ2) is 6.96. The fourth-order valence-electron chi connectivity index (χ4n) is 3.23. The largest absolute Gasteiger partial charge is 0.472 e. The SMILES string of the molecule is CC(=O)N(c1ccc(F)cc1)C1CCN(Cc2ccoc2)CC1. The van der Waals surface area contributed by atoms with E-state index in [1.165, 1.54) is 17.7 Å². The molecule has 1 aromatic carbocycles. The zero-order chi connectivity index (χ0) is 16.2. The van der Waals surface area contributed by atoms with E-state index in [4.69, 9.17) is 4.42 Å². The average Bonchev–Trinajstić information content (AvgIpc) is 3.04. The highest BCUT2D eigenvalue weighted by molar-refractivity contribution is 5.92. The van der Waals surface area contributed by atoms with E-state index in [2.05, 4.69) is 4.90 Å². The molecule has 3 rings (SSSR count). The van der Waals surface area contributed by atoms with Gasteiger partial charge in [-0.2, -0.15) is 0 Å². The van der Waals surface area contributed by atoms with Crippen LogP contribution < -0.4 is 4.90 Å². The predicted molar refractivity (Wildman–Crippen MR) is 86.6 cm³/mol. The van der Waals surface area contributed by atoms with Gasteiger partial charge in [0.25, 0.3) is 0 Å². The lowest BCUT2D eigenvalue weighted by molar-refractivity contribution is -0.117. The summed E-state index contributed by atoms with van der Waals surface area (Å²) in [4.78, 5) is 16.2. The van der Waals surface area contributed by atoms with Crippen molar-refractivity contribution in [3.8, 4) is 0 Å². The number of anilines is 1. The number of piperidine rings is 1. The molecule has 0 atom stereocenters. The second-order valence-corrected chi connectivity index (χ2v) is 6.00. The van der Waals surface area contributed by atoms with Gasteiger partial charge in [0.2, 0.25) is 5.91 Å². The van der Waals surface area contributed by atoms with Crippen LogP contribution in [0.4, 0.5) is 10.1 Å². The number of hydrogen-bond acceptors (Lipinski definition) is 3. The zero-order valence-corrected chi connectivity index (χ0v) is 13.2. The third-order valence-electron chi connectivity index (χ3n) is 4.35. The van der Waals surface area contributed by atoms with Crippen molar-refractivity contribution in [2.75, 3.05) is 18.0 Å². The van der Waals surface area contributed by atoms with Gasteiger partial charge in [-0.25, -0.2) is 4.39 Å². The molecule has 4 nitrogen and oxygen atoms in total. The first-order valence-corrected chi connectivity index (χ1v) is 7.92. The number of rotatable bonds is 4. The Labute approximate surface area is 135 Å². The highest BCUT2D eigenvalue weighted by atomic mass is 19.1. The zero-order valence-electron chi connectivity index (χ0n) is 13.2. The minimum atomic E-state index is -0.285. The Morgan fingerprint density at radius 2 is 1.96 bits per heavy atom. The molecule has 1 aliphatic rings. The summed E-state index contributed by atoms with van der Waals surface area (Å²) in [6.45, 7) is 4.31. The maximum atomic E-state index is 13.1. The molecular formula is C18H21FN2O2. The van der Waals surface area contributed by atoms with Crippen molar-refractivity contribution in [3.05, 3.63) is 54.2 Å². The van der Waals surface area contributed by atoms with Gasteiger partial charge < -0.3 is 9.32 Å². The molecule has 0 radical (unpaired) electrons. The smallest absolute Gasteiger partial charge is 0.224 e. The number of halogens is 1. The molecule has 1 amide bonds. The molecule has 1 aliphatic heterocycles. The van der Waals surface area contributed by atoms with Crippen LogP contribution in [0.15, 0.2) is 47.3 Å². The third kappa shape index (κ3) is 3.79. The highest BCUT2D eigenvalue weighted by Crippen LogP contribution is 2.25. The number of likely N-dealkylation sites (tertiary alicyclic amines) is 1. The normalized spacial score (nSPS) is 16.4. The molecule has 0 aliphatic carbocycles. The Morgan fingerprint density at radius 1 is 1.26 bits per heavy atom. The molecule has 2 aromatic rings. The van der Waals surface area contributed by atoms with E-state index < -0.39 is 0 Å². The van der Waals surface area contributed by atoms with E-state index in [1.54, 1.807) is 36.5 Å². The van der Waals surface area contributed by atoms with Crippen molar-refractivity contribution >= 4 is 11.6 Å². The summed E-state index contributed by atoms with van der Waals surface area (Å²) < 4.78 is 18.2. The van der Waals surface area contributed by atoms with Gasteiger partial charge in [-0.05, 0) is 43.2 Å². The van der Waals surface area contributed by atoms with E-state index in [1.807, 2.05) is 6.07 Å². The second-order valence-electron chi connectivity index (χ2n) is 6.00. The van der Waals surface area contributed by atoms with Crippen LogP contribution in [-0.2, 0) is 11.3 Å². The quantitative estimate of drug-likeness (QED) is 0.867. The van der Waals surface area contributed by atoms with Crippen LogP contribution in [0.25, 0.3) is 0 Å². The number of furan rings is 1. The minimum Gasteiger partial charge on any atom is -0.472 e. The maximum absolute atomic E-state index is 13.1. The van der Waals surface area contributed by atoms with Crippen LogP contribution in [0.2, 0.25) is 0 Å². The fraction of sp³-hybridized carbons (Fsp3) is 0.389. The molecule has 0 N–H and O–H groups in total. The van der Waals surface area contributed by atoms with E-state index in [9.17, 15) is 9.18 Å². The molecule has 1 saturated heterocycles. The lowest BCUT2D eigenvalue weighted by Gasteiger charge is -2.38. The fourth-order valence-corrected chi connectivity index (χ4v) is 3.23. The first-order chi connectivity index (χ1) is 11.1. The summed E-state index contributed by atoms with van der Waals surface area (Å²) >= 11 is 0. The van der Waals surface area contributed by atoms with Crippen molar-refractivity contribution in [1.82, 2.24) is 4.90 Å². The van der Waals surface area contributed by atoms with Crippen molar-refractivity contribution in [1.29, 1.82) is 0 Å². The molecular weight excluding hydrogens is 295 g/mol. The van der Waals surface area contributed by atoms with Crippen molar-refractivity contribution < 1.29 is 13.6 Å². The van der Waals surface area contributed by atoms with E-state index in [0.717, 1.165) is 38.2 Å². The highest BCUT2D eigenvalue weighted by Gasteiger charge is 2.27. The van der Waals surface area contributed by atoms with Gasteiger partial charge >= 0.3 is 0 Å². The van der Waals surface area contributed by atoms with Gasteiger partial charge in [-0.3, -0.25) is 9.69 Å². The minimum absolute atomic E-state index is 0.00453. The number of hydrogen-bond donors (Lipinski definition) is 0. The van der Waals surface area contributed by atoms with Crippen LogP contribution >= 0.6 is 0 Å². The average molecular weight is 316 g/mol. The standard InChI is InChI=1S/C18H21FN2O2/c1-14(22)21(17-4-2-16(19)3-5-17)18-6-9-20(10-7-18)12-15-8-11-23-13-15/h2-5,8,11,13,18H,6-7,9-10,12H2,1H3. The molecule has 1 aromatic heterocycles. The van der Waals surface area contributed by atoms with Gasteiger partial charge in [0, 0.05) is 43.9 Å². The van der Waals surface area contributed by atoms with Gasteiger partial charge in [-0.15, -0.1) is 0 Å². The Bertz CT molecular complexity index is 632. The summed E-state index contributed by atoms with van der Waals surface area (Å²) in [5, 5.41) is 0. The molecule has 5 heteroatoms. The van der Waals surface area contributed by atoms with Crippen molar-refractivity contribution in [2.24, 2.45) is 0 Å². The van der Waals surface area contributed by atoms with Crippen molar-refractivity contribution in [3.63, 3.8) is 0 Å². The molecule has 1 fully saturated rings. The summed E-state index contributed by atoms with van der Waals surface area (Å²) in [5.41, 5.74) is 1.94. The van der Waals surface area contributed by atoms with Gasteiger partial charge in [-0.1, -0.05) is 0 Å². The Hall–Kier alpha value is -2.14. The van der Waals surface area contributed by atoms with Crippen LogP contribution in [-0.4, -0.2) is 29.9 Å². The maximum Gasteiger partial charge on any atom is 0.224 e. The molecule has 2 heterocycles.